The van der Waals surface area contributed by atoms with Gasteiger partial charge in [0.1, 0.15) is 5.82 Å². The summed E-state index contributed by atoms with van der Waals surface area (Å²) in [7, 11) is 0. The summed E-state index contributed by atoms with van der Waals surface area (Å²) >= 11 is 3.35. The highest BCUT2D eigenvalue weighted by atomic mass is 79.9. The molecule has 3 nitrogen and oxygen atoms in total. The third-order valence-corrected chi connectivity index (χ3v) is 4.15. The fourth-order valence-corrected chi connectivity index (χ4v) is 2.98. The van der Waals surface area contributed by atoms with Crippen LogP contribution in [0.3, 0.4) is 0 Å². The number of halogens is 2. The average Bonchev–Trinajstić information content (AvgIpc) is 2.96. The number of amides is 1. The van der Waals surface area contributed by atoms with Crippen LogP contribution in [-0.2, 0) is 4.79 Å². The third kappa shape index (κ3) is 2.81. The van der Waals surface area contributed by atoms with Crippen molar-refractivity contribution in [3.63, 3.8) is 0 Å². The third-order valence-electron chi connectivity index (χ3n) is 3.66. The van der Waals surface area contributed by atoms with Gasteiger partial charge in [-0.3, -0.25) is 4.79 Å². The van der Waals surface area contributed by atoms with E-state index in [9.17, 15) is 9.18 Å². The van der Waals surface area contributed by atoms with E-state index in [1.54, 1.807) is 12.1 Å². The van der Waals surface area contributed by atoms with Gasteiger partial charge in [0.15, 0.2) is 0 Å². The van der Waals surface area contributed by atoms with Crippen LogP contribution in [0.15, 0.2) is 58.1 Å². The van der Waals surface area contributed by atoms with Crippen LogP contribution < -0.4 is 0 Å². The molecule has 5 heteroatoms. The summed E-state index contributed by atoms with van der Waals surface area (Å²) in [6, 6.07) is 14.2. The molecule has 1 aliphatic rings. The quantitative estimate of drug-likeness (QED) is 0.786. The molecule has 1 amide bonds. The Balaban J connectivity index is 2.00. The molecule has 112 valence electrons. The summed E-state index contributed by atoms with van der Waals surface area (Å²) in [5, 5.41) is 5.79. The zero-order chi connectivity index (χ0) is 15.7. The van der Waals surface area contributed by atoms with Crippen molar-refractivity contribution in [3.05, 3.63) is 69.9 Å². The Labute approximate surface area is 136 Å². The van der Waals surface area contributed by atoms with Crippen molar-refractivity contribution in [1.29, 1.82) is 0 Å². The largest absolute Gasteiger partial charge is 0.273 e. The molecule has 0 unspecified atom stereocenters. The van der Waals surface area contributed by atoms with Gasteiger partial charge in [-0.25, -0.2) is 9.40 Å². The molecule has 0 spiro atoms. The van der Waals surface area contributed by atoms with Gasteiger partial charge in [0.05, 0.1) is 11.8 Å². The summed E-state index contributed by atoms with van der Waals surface area (Å²) in [6.45, 7) is 1.47. The first-order valence-electron chi connectivity index (χ1n) is 6.94. The Kier molecular flexibility index (Phi) is 4.07. The maximum atomic E-state index is 14.1. The van der Waals surface area contributed by atoms with Crippen molar-refractivity contribution in [2.24, 2.45) is 5.10 Å². The molecule has 1 aliphatic heterocycles. The van der Waals surface area contributed by atoms with Crippen LogP contribution in [0, 0.1) is 5.82 Å². The van der Waals surface area contributed by atoms with Crippen molar-refractivity contribution in [3.8, 4) is 0 Å². The Morgan fingerprint density at radius 1 is 1.27 bits per heavy atom. The van der Waals surface area contributed by atoms with E-state index in [4.69, 9.17) is 0 Å². The second-order valence-electron chi connectivity index (χ2n) is 5.17. The topological polar surface area (TPSA) is 32.7 Å². The van der Waals surface area contributed by atoms with Gasteiger partial charge in [0, 0.05) is 23.4 Å². The van der Waals surface area contributed by atoms with E-state index in [1.807, 2.05) is 30.3 Å². The highest BCUT2D eigenvalue weighted by Crippen LogP contribution is 2.33. The molecule has 0 aliphatic carbocycles. The minimum absolute atomic E-state index is 0.153. The monoisotopic (exact) mass is 360 g/mol. The molecule has 1 heterocycles. The second kappa shape index (κ2) is 6.01. The van der Waals surface area contributed by atoms with Crippen LogP contribution in [0.5, 0.6) is 0 Å². The smallest absolute Gasteiger partial charge is 0.240 e. The van der Waals surface area contributed by atoms with Crippen LogP contribution in [0.4, 0.5) is 4.39 Å². The number of hydrogen-bond acceptors (Lipinski definition) is 2. The highest BCUT2D eigenvalue weighted by Gasteiger charge is 2.32. The molecule has 22 heavy (non-hydrogen) atoms. The molecule has 0 fully saturated rings. The van der Waals surface area contributed by atoms with Crippen molar-refractivity contribution in [2.75, 3.05) is 0 Å². The first-order valence-corrected chi connectivity index (χ1v) is 7.73. The van der Waals surface area contributed by atoms with E-state index in [0.717, 1.165) is 10.0 Å². The minimum atomic E-state index is -0.334. The number of hydrogen-bond donors (Lipinski definition) is 0. The molecule has 0 aromatic heterocycles. The molecule has 0 bridgehead atoms. The normalized spacial score (nSPS) is 17.5. The SMILES string of the molecule is CC(=O)N1N=C(c2cc(Br)ccc2F)C[C@H]1c1ccccc1. The lowest BCUT2D eigenvalue weighted by molar-refractivity contribution is -0.130. The summed E-state index contributed by atoms with van der Waals surface area (Å²) < 4.78 is 14.9. The molecule has 2 aromatic carbocycles. The average molecular weight is 361 g/mol. The number of hydrazone groups is 1. The molecule has 0 N–H and O–H groups in total. The molecule has 0 saturated carbocycles. The fraction of sp³-hybridized carbons (Fsp3) is 0.176. The first-order chi connectivity index (χ1) is 10.6. The fourth-order valence-electron chi connectivity index (χ4n) is 2.62. The van der Waals surface area contributed by atoms with Crippen LogP contribution in [0.25, 0.3) is 0 Å². The van der Waals surface area contributed by atoms with E-state index in [-0.39, 0.29) is 17.8 Å². The van der Waals surface area contributed by atoms with E-state index < -0.39 is 0 Å². The van der Waals surface area contributed by atoms with Crippen molar-refractivity contribution < 1.29 is 9.18 Å². The lowest BCUT2D eigenvalue weighted by Crippen LogP contribution is -2.24. The highest BCUT2D eigenvalue weighted by molar-refractivity contribution is 9.10. The Morgan fingerprint density at radius 3 is 2.68 bits per heavy atom. The maximum Gasteiger partial charge on any atom is 0.240 e. The zero-order valence-corrected chi connectivity index (χ0v) is 13.5. The standard InChI is InChI=1S/C17H14BrFN2O/c1-11(22)21-17(12-5-3-2-4-6-12)10-16(20-21)14-9-13(18)7-8-15(14)19/h2-9,17H,10H2,1H3/t17-/m0/s1. The Hall–Kier alpha value is -2.01. The summed E-state index contributed by atoms with van der Waals surface area (Å²) in [5.41, 5.74) is 2.01. The van der Waals surface area contributed by atoms with Gasteiger partial charge in [-0.05, 0) is 23.8 Å². The van der Waals surface area contributed by atoms with Gasteiger partial charge < -0.3 is 0 Å². The van der Waals surface area contributed by atoms with Crippen molar-refractivity contribution in [1.82, 2.24) is 5.01 Å². The van der Waals surface area contributed by atoms with Gasteiger partial charge in [-0.2, -0.15) is 5.10 Å². The van der Waals surface area contributed by atoms with Crippen LogP contribution in [-0.4, -0.2) is 16.6 Å². The predicted octanol–water partition coefficient (Wildman–Crippen LogP) is 4.29. The van der Waals surface area contributed by atoms with Crippen LogP contribution in [0.1, 0.15) is 30.5 Å². The maximum absolute atomic E-state index is 14.1. The van der Waals surface area contributed by atoms with Gasteiger partial charge in [0.25, 0.3) is 0 Å². The molecule has 2 aromatic rings. The predicted molar refractivity (Wildman–Crippen MR) is 87.0 cm³/mol. The minimum Gasteiger partial charge on any atom is -0.273 e. The Bertz CT molecular complexity index is 746. The van der Waals surface area contributed by atoms with E-state index in [0.29, 0.717) is 17.7 Å². The molecular weight excluding hydrogens is 347 g/mol. The number of rotatable bonds is 2. The Morgan fingerprint density at radius 2 is 2.00 bits per heavy atom. The van der Waals surface area contributed by atoms with E-state index in [2.05, 4.69) is 21.0 Å². The van der Waals surface area contributed by atoms with Crippen LogP contribution in [0.2, 0.25) is 0 Å². The molecular formula is C17H14BrFN2O. The lowest BCUT2D eigenvalue weighted by atomic mass is 9.98. The van der Waals surface area contributed by atoms with E-state index in [1.165, 1.54) is 18.0 Å². The lowest BCUT2D eigenvalue weighted by Gasteiger charge is -2.20. The van der Waals surface area contributed by atoms with Crippen LogP contribution >= 0.6 is 15.9 Å². The van der Waals surface area contributed by atoms with Gasteiger partial charge in [0.2, 0.25) is 5.91 Å². The van der Waals surface area contributed by atoms with E-state index >= 15 is 0 Å². The second-order valence-corrected chi connectivity index (χ2v) is 6.08. The molecule has 1 atom stereocenters. The zero-order valence-electron chi connectivity index (χ0n) is 12.0. The van der Waals surface area contributed by atoms with Gasteiger partial charge in [-0.15, -0.1) is 0 Å². The number of benzene rings is 2. The first kappa shape index (κ1) is 14.9. The van der Waals surface area contributed by atoms with Gasteiger partial charge >= 0.3 is 0 Å². The number of carbonyl (C=O) groups excluding carboxylic acids is 1. The summed E-state index contributed by atoms with van der Waals surface area (Å²) in [4.78, 5) is 11.9. The summed E-state index contributed by atoms with van der Waals surface area (Å²) in [5.74, 6) is -0.488. The number of carbonyl (C=O) groups is 1. The molecule has 3 rings (SSSR count). The number of nitrogens with zero attached hydrogens (tertiary/aromatic N) is 2. The molecule has 0 saturated heterocycles. The van der Waals surface area contributed by atoms with Crippen molar-refractivity contribution in [2.45, 2.75) is 19.4 Å². The van der Waals surface area contributed by atoms with Gasteiger partial charge in [-0.1, -0.05) is 46.3 Å². The van der Waals surface area contributed by atoms with Crippen molar-refractivity contribution >= 4 is 27.5 Å². The summed E-state index contributed by atoms with van der Waals surface area (Å²) in [6.07, 6.45) is 0.497. The molecule has 0 radical (unpaired) electrons.